The number of hydrogen-bond acceptors (Lipinski definition) is 4. The smallest absolute Gasteiger partial charge is 0.245 e. The van der Waals surface area contributed by atoms with Crippen LogP contribution in [0.1, 0.15) is 38.7 Å². The Labute approximate surface area is 126 Å². The number of hydrogen-bond donors (Lipinski definition) is 1. The summed E-state index contributed by atoms with van der Waals surface area (Å²) in [5, 5.41) is 8.83. The van der Waals surface area contributed by atoms with Crippen LogP contribution >= 0.6 is 0 Å². The molecule has 1 aromatic rings. The zero-order valence-corrected chi connectivity index (χ0v) is 13.3. The fourth-order valence-electron chi connectivity index (χ4n) is 2.63. The summed E-state index contributed by atoms with van der Waals surface area (Å²) in [5.74, 6) is 0. The molecule has 1 saturated heterocycles. The van der Waals surface area contributed by atoms with Crippen molar-refractivity contribution in [3.05, 3.63) is 23.8 Å². The molecule has 1 aliphatic heterocycles. The monoisotopic (exact) mass is 307 g/mol. The van der Waals surface area contributed by atoms with Gasteiger partial charge in [-0.15, -0.1) is 0 Å². The highest BCUT2D eigenvalue weighted by atomic mass is 32.2. The number of nitrogens with two attached hydrogens (primary N) is 1. The van der Waals surface area contributed by atoms with Gasteiger partial charge in [-0.2, -0.15) is 9.57 Å². The molecule has 0 amide bonds. The minimum atomic E-state index is -3.59. The second-order valence-electron chi connectivity index (χ2n) is 6.29. The lowest BCUT2D eigenvalue weighted by molar-refractivity contribution is 0.315. The van der Waals surface area contributed by atoms with E-state index in [0.29, 0.717) is 18.7 Å². The van der Waals surface area contributed by atoms with Crippen LogP contribution in [0.3, 0.4) is 0 Å². The molecule has 5 nitrogen and oxygen atoms in total. The van der Waals surface area contributed by atoms with Crippen molar-refractivity contribution in [2.45, 2.75) is 38.0 Å². The van der Waals surface area contributed by atoms with E-state index in [-0.39, 0.29) is 16.0 Å². The van der Waals surface area contributed by atoms with Gasteiger partial charge in [0.1, 0.15) is 4.90 Å². The lowest BCUT2D eigenvalue weighted by Crippen LogP contribution is -2.33. The Bertz CT molecular complexity index is 675. The number of nitriles is 1. The molecule has 0 atom stereocenters. The average molecular weight is 307 g/mol. The van der Waals surface area contributed by atoms with Crippen LogP contribution in [-0.4, -0.2) is 25.8 Å². The van der Waals surface area contributed by atoms with Gasteiger partial charge in [-0.1, -0.05) is 13.8 Å². The van der Waals surface area contributed by atoms with Crippen molar-refractivity contribution in [2.75, 3.05) is 18.8 Å². The Morgan fingerprint density at radius 3 is 2.62 bits per heavy atom. The Hall–Kier alpha value is -1.58. The molecule has 1 fully saturated rings. The van der Waals surface area contributed by atoms with E-state index >= 15 is 0 Å². The maximum atomic E-state index is 12.7. The molecular weight excluding hydrogens is 286 g/mol. The minimum Gasteiger partial charge on any atom is -0.398 e. The SMILES string of the molecule is CC1(C)CCCN(S(=O)(=O)c2ccc(C#N)cc2N)CC1. The molecule has 0 saturated carbocycles. The fraction of sp³-hybridized carbons (Fsp3) is 0.533. The number of rotatable bonds is 2. The van der Waals surface area contributed by atoms with Crippen LogP contribution in [0, 0.1) is 16.7 Å². The molecular formula is C15H21N3O2S. The Morgan fingerprint density at radius 2 is 2.00 bits per heavy atom. The molecule has 0 spiro atoms. The van der Waals surface area contributed by atoms with Crippen LogP contribution in [0.4, 0.5) is 5.69 Å². The molecule has 0 unspecified atom stereocenters. The van der Waals surface area contributed by atoms with E-state index in [2.05, 4.69) is 13.8 Å². The van der Waals surface area contributed by atoms with Crippen molar-refractivity contribution >= 4 is 15.7 Å². The summed E-state index contributed by atoms with van der Waals surface area (Å²) in [5.41, 5.74) is 6.49. The van der Waals surface area contributed by atoms with Gasteiger partial charge in [0.25, 0.3) is 0 Å². The van der Waals surface area contributed by atoms with E-state index in [1.165, 1.54) is 22.5 Å². The van der Waals surface area contributed by atoms with Crippen molar-refractivity contribution in [3.63, 3.8) is 0 Å². The van der Waals surface area contributed by atoms with E-state index in [1.807, 2.05) is 6.07 Å². The molecule has 6 heteroatoms. The quantitative estimate of drug-likeness (QED) is 0.850. The average Bonchev–Trinajstić information content (AvgIpc) is 2.59. The number of sulfonamides is 1. The first-order valence-electron chi connectivity index (χ1n) is 7.06. The molecule has 0 radical (unpaired) electrons. The van der Waals surface area contributed by atoms with Gasteiger partial charge >= 0.3 is 0 Å². The van der Waals surface area contributed by atoms with E-state index in [1.54, 1.807) is 0 Å². The maximum absolute atomic E-state index is 12.7. The van der Waals surface area contributed by atoms with E-state index in [9.17, 15) is 8.42 Å². The van der Waals surface area contributed by atoms with Crippen LogP contribution in [0.15, 0.2) is 23.1 Å². The van der Waals surface area contributed by atoms with Crippen LogP contribution < -0.4 is 5.73 Å². The van der Waals surface area contributed by atoms with Crippen LogP contribution in [0.25, 0.3) is 0 Å². The zero-order chi connectivity index (χ0) is 15.7. The topological polar surface area (TPSA) is 87.2 Å². The Balaban J connectivity index is 2.32. The normalized spacial score (nSPS) is 19.7. The van der Waals surface area contributed by atoms with E-state index in [4.69, 9.17) is 11.0 Å². The van der Waals surface area contributed by atoms with E-state index < -0.39 is 10.0 Å². The van der Waals surface area contributed by atoms with Gasteiger partial charge in [0.15, 0.2) is 0 Å². The third-order valence-electron chi connectivity index (χ3n) is 4.06. The summed E-state index contributed by atoms with van der Waals surface area (Å²) >= 11 is 0. The third-order valence-corrected chi connectivity index (χ3v) is 6.03. The van der Waals surface area contributed by atoms with Crippen LogP contribution in [0.2, 0.25) is 0 Å². The highest BCUT2D eigenvalue weighted by Crippen LogP contribution is 2.32. The molecule has 0 bridgehead atoms. The summed E-state index contributed by atoms with van der Waals surface area (Å²) < 4.78 is 27.0. The molecule has 1 heterocycles. The first-order chi connectivity index (χ1) is 9.76. The number of nitrogen functional groups attached to an aromatic ring is 1. The van der Waals surface area contributed by atoms with Gasteiger partial charge in [-0.3, -0.25) is 0 Å². The van der Waals surface area contributed by atoms with Crippen molar-refractivity contribution < 1.29 is 8.42 Å². The first kappa shape index (κ1) is 15.8. The highest BCUT2D eigenvalue weighted by molar-refractivity contribution is 7.89. The van der Waals surface area contributed by atoms with Crippen molar-refractivity contribution in [3.8, 4) is 6.07 Å². The first-order valence-corrected chi connectivity index (χ1v) is 8.50. The molecule has 2 N–H and O–H groups in total. The van der Waals surface area contributed by atoms with Gasteiger partial charge < -0.3 is 5.73 Å². The zero-order valence-electron chi connectivity index (χ0n) is 12.5. The summed E-state index contributed by atoms with van der Waals surface area (Å²) in [4.78, 5) is 0.0983. The minimum absolute atomic E-state index is 0.0983. The van der Waals surface area contributed by atoms with Gasteiger partial charge in [0, 0.05) is 13.1 Å². The summed E-state index contributed by atoms with van der Waals surface area (Å²) in [6.07, 6.45) is 2.70. The van der Waals surface area contributed by atoms with Gasteiger partial charge in [-0.05, 0) is 42.9 Å². The van der Waals surface area contributed by atoms with Gasteiger partial charge in [0.05, 0.1) is 17.3 Å². The molecule has 0 aromatic heterocycles. The molecule has 1 aromatic carbocycles. The van der Waals surface area contributed by atoms with Crippen LogP contribution in [-0.2, 0) is 10.0 Å². The van der Waals surface area contributed by atoms with Crippen molar-refractivity contribution in [1.82, 2.24) is 4.31 Å². The lowest BCUT2D eigenvalue weighted by atomic mass is 9.85. The predicted octanol–water partition coefficient (Wildman–Crippen LogP) is 2.34. The van der Waals surface area contributed by atoms with Gasteiger partial charge in [-0.25, -0.2) is 8.42 Å². The largest absolute Gasteiger partial charge is 0.398 e. The van der Waals surface area contributed by atoms with Crippen molar-refractivity contribution in [1.29, 1.82) is 5.26 Å². The summed E-state index contributed by atoms with van der Waals surface area (Å²) in [6, 6.07) is 6.29. The standard InChI is InChI=1S/C15H21N3O2S/c1-15(2)6-3-8-18(9-7-15)21(19,20)14-5-4-12(11-16)10-13(14)17/h4-5,10H,3,6-9,17H2,1-2H3. The summed E-state index contributed by atoms with van der Waals surface area (Å²) in [6.45, 7) is 5.36. The Morgan fingerprint density at radius 1 is 1.29 bits per heavy atom. The van der Waals surface area contributed by atoms with E-state index in [0.717, 1.165) is 19.3 Å². The highest BCUT2D eigenvalue weighted by Gasteiger charge is 2.31. The molecule has 2 rings (SSSR count). The third kappa shape index (κ3) is 3.36. The maximum Gasteiger partial charge on any atom is 0.245 e. The second-order valence-corrected chi connectivity index (χ2v) is 8.19. The molecule has 114 valence electrons. The predicted molar refractivity (Wildman–Crippen MR) is 82.0 cm³/mol. The number of nitrogens with zero attached hydrogens (tertiary/aromatic N) is 2. The number of benzene rings is 1. The number of anilines is 1. The van der Waals surface area contributed by atoms with Crippen LogP contribution in [0.5, 0.6) is 0 Å². The lowest BCUT2D eigenvalue weighted by Gasteiger charge is -2.23. The van der Waals surface area contributed by atoms with Gasteiger partial charge in [0.2, 0.25) is 10.0 Å². The molecule has 0 aliphatic carbocycles. The Kier molecular flexibility index (Phi) is 4.26. The molecule has 1 aliphatic rings. The second kappa shape index (κ2) is 5.66. The molecule has 21 heavy (non-hydrogen) atoms. The van der Waals surface area contributed by atoms with Crippen molar-refractivity contribution in [2.24, 2.45) is 5.41 Å². The fourth-order valence-corrected chi connectivity index (χ4v) is 4.21. The summed E-state index contributed by atoms with van der Waals surface area (Å²) in [7, 11) is -3.59.